The number of ketones is 1. The predicted octanol–water partition coefficient (Wildman–Crippen LogP) is 15.9. The first-order chi connectivity index (χ1) is 59.3. The highest BCUT2D eigenvalue weighted by molar-refractivity contribution is 9.10. The van der Waals surface area contributed by atoms with Crippen LogP contribution in [0.4, 0.5) is 50.8 Å². The number of hydrogen-bond acceptors (Lipinski definition) is 20. The Balaban J connectivity index is 0.000000143. The highest BCUT2D eigenvalue weighted by Gasteiger charge is 2.29. The second-order valence-corrected chi connectivity index (χ2v) is 32.6. The molecule has 2 aliphatic heterocycles. The van der Waals surface area contributed by atoms with Crippen LogP contribution in [-0.2, 0) is 36.1 Å². The van der Waals surface area contributed by atoms with Gasteiger partial charge in [-0.05, 0) is 167 Å². The van der Waals surface area contributed by atoms with Gasteiger partial charge < -0.3 is 54.6 Å². The van der Waals surface area contributed by atoms with Gasteiger partial charge in [-0.15, -0.1) is 0 Å². The van der Waals surface area contributed by atoms with Crippen LogP contribution in [0.5, 0.6) is 0 Å². The summed E-state index contributed by atoms with van der Waals surface area (Å²) in [5, 5.41) is 28.8. The topological polar surface area (TPSA) is 305 Å². The third-order valence-corrected chi connectivity index (χ3v) is 23.1. The summed E-state index contributed by atoms with van der Waals surface area (Å²) in [5.41, 5.74) is 13.1. The van der Waals surface area contributed by atoms with E-state index in [1.807, 2.05) is 85.6 Å². The number of aliphatic hydroxyl groups is 2. The number of hydrogen-bond donors (Lipinski definition) is 8. The van der Waals surface area contributed by atoms with E-state index in [4.69, 9.17) is 31.5 Å². The number of hydroxylamine groups is 2. The minimum atomic E-state index is -0.696. The maximum atomic E-state index is 15.1. The van der Waals surface area contributed by atoms with Crippen molar-refractivity contribution < 1.29 is 56.2 Å². The number of H-pyrrole nitrogens is 1. The third-order valence-electron chi connectivity index (χ3n) is 21.8. The molecule has 13 aromatic rings. The van der Waals surface area contributed by atoms with E-state index in [0.717, 1.165) is 147 Å². The number of carbonyl (C=O) groups excluding carboxylic acids is 3. The third kappa shape index (κ3) is 21.3. The van der Waals surface area contributed by atoms with Crippen molar-refractivity contribution in [3.8, 4) is 11.1 Å². The molecule has 34 heteroatoms. The van der Waals surface area contributed by atoms with Crippen LogP contribution < -0.4 is 37.4 Å². The molecule has 644 valence electrons. The van der Waals surface area contributed by atoms with Crippen molar-refractivity contribution in [3.63, 3.8) is 0 Å². The molecule has 16 rings (SSSR count). The van der Waals surface area contributed by atoms with Crippen molar-refractivity contribution in [2.24, 2.45) is 7.05 Å². The molecule has 2 amide bonds. The molecule has 3 fully saturated rings. The number of imidazole rings is 3. The smallest absolute Gasteiger partial charge is 0.275 e. The molecule has 1 saturated carbocycles. The summed E-state index contributed by atoms with van der Waals surface area (Å²) in [6.07, 6.45) is 11.8. The van der Waals surface area contributed by atoms with Crippen LogP contribution in [0.15, 0.2) is 154 Å². The zero-order valence-corrected chi connectivity index (χ0v) is 72.7. The summed E-state index contributed by atoms with van der Waals surface area (Å²) in [7, 11) is 1.67. The molecule has 8 N–H and O–H groups in total. The lowest BCUT2D eigenvalue weighted by Crippen LogP contribution is -2.45. The number of rotatable bonds is 24. The van der Waals surface area contributed by atoms with Crippen LogP contribution in [0.1, 0.15) is 136 Å². The Morgan fingerprint density at radius 3 is 1.93 bits per heavy atom. The van der Waals surface area contributed by atoms with Gasteiger partial charge in [0.2, 0.25) is 0 Å². The van der Waals surface area contributed by atoms with Crippen molar-refractivity contribution in [2.45, 2.75) is 98.7 Å². The van der Waals surface area contributed by atoms with Crippen molar-refractivity contribution in [1.29, 1.82) is 0 Å². The number of nitrogens with zero attached hydrogens (tertiary/aromatic N) is 12. The maximum absolute atomic E-state index is 15.1. The number of amides is 2. The summed E-state index contributed by atoms with van der Waals surface area (Å²) in [4.78, 5) is 96.0. The summed E-state index contributed by atoms with van der Waals surface area (Å²) in [5.74, 6) is -1.78. The van der Waals surface area contributed by atoms with E-state index < -0.39 is 40.9 Å². The fourth-order valence-electron chi connectivity index (χ4n) is 15.6. The fourth-order valence-corrected chi connectivity index (χ4v) is 16.7. The second-order valence-electron chi connectivity index (χ2n) is 30.3. The van der Waals surface area contributed by atoms with Crippen LogP contribution >= 0.6 is 43.5 Å². The Morgan fingerprint density at radius 1 is 0.650 bits per heavy atom. The van der Waals surface area contributed by atoms with Gasteiger partial charge in [-0.1, -0.05) is 87.5 Å². The fraction of sp³-hybridized carbons (Fsp3) is 0.326. The summed E-state index contributed by atoms with van der Waals surface area (Å²) >= 11 is 12.7. The SMILES string of the molecule is CC(=O)c1c(C)c2ccc(Nc3ccc(N4CCNCC4)cn3)cc2n(C2CCCC2)c1=O.CCN1CCN(Cc2ccc(Nc3cc(-c4cc(F)c5nc(C)n(C(C)C)c5c4)c(F)cn3)nc2)CC1.Cn1cnc2c(F)c(Cc3ccc(Br)cc3F)c(C(=O)NOCCO)cc21.O=C(NOCCO)c1cc2[nH]cnc2c(F)c1Cc1ccc(Br)cc1Cl. The molecule has 1 aliphatic carbocycles. The summed E-state index contributed by atoms with van der Waals surface area (Å²) in [6, 6.07) is 31.7. The Morgan fingerprint density at radius 2 is 1.29 bits per heavy atom. The van der Waals surface area contributed by atoms with Gasteiger partial charge in [0.1, 0.15) is 51.5 Å². The zero-order chi connectivity index (χ0) is 87.3. The first-order valence-electron chi connectivity index (χ1n) is 40.4. The van der Waals surface area contributed by atoms with Crippen molar-refractivity contribution >= 4 is 134 Å². The van der Waals surface area contributed by atoms with Crippen LogP contribution in [0.25, 0.3) is 55.1 Å². The van der Waals surface area contributed by atoms with Gasteiger partial charge in [0.15, 0.2) is 23.2 Å². The van der Waals surface area contributed by atoms with E-state index in [1.54, 1.807) is 48.0 Å². The van der Waals surface area contributed by atoms with Gasteiger partial charge in [0, 0.05) is 139 Å². The number of carbonyl (C=O) groups is 3. The van der Waals surface area contributed by atoms with Gasteiger partial charge in [-0.2, -0.15) is 0 Å². The average Bonchev–Trinajstić information content (AvgIpc) is 0.991. The number of pyridine rings is 4. The minimum absolute atomic E-state index is 0.00357. The molecule has 2 saturated heterocycles. The number of aromatic nitrogens is 10. The average molecular weight is 1830 g/mol. The molecule has 7 aromatic heterocycles. The highest BCUT2D eigenvalue weighted by atomic mass is 79.9. The quantitative estimate of drug-likeness (QED) is 0.0121. The van der Waals surface area contributed by atoms with E-state index >= 15 is 8.78 Å². The molecule has 0 radical (unpaired) electrons. The molecule has 26 nitrogen and oxygen atoms in total. The Labute approximate surface area is 727 Å². The zero-order valence-electron chi connectivity index (χ0n) is 68.8. The number of fused-ring (bicyclic) bond motifs is 4. The van der Waals surface area contributed by atoms with E-state index in [0.29, 0.717) is 59.9 Å². The lowest BCUT2D eigenvalue weighted by Gasteiger charge is -2.33. The normalized spacial score (nSPS) is 13.9. The first kappa shape index (κ1) is 89.8. The molecule has 0 bridgehead atoms. The summed E-state index contributed by atoms with van der Waals surface area (Å²) < 4.78 is 81.0. The number of likely N-dealkylation sites (N-methyl/N-ethyl adjacent to an activating group) is 1. The van der Waals surface area contributed by atoms with Gasteiger partial charge in [-0.3, -0.25) is 33.8 Å². The minimum Gasteiger partial charge on any atom is -0.394 e. The predicted molar refractivity (Wildman–Crippen MR) is 473 cm³/mol. The van der Waals surface area contributed by atoms with Crippen LogP contribution in [0.3, 0.4) is 0 Å². The number of aryl methyl sites for hydroxylation is 3. The van der Waals surface area contributed by atoms with Crippen molar-refractivity contribution in [2.75, 3.05) is 101 Å². The standard InChI is InChI=1S/C28H33F2N7.C26H31N5O2.C18H16BrF2N3O3.C17H14BrClFN3O3/c1-5-35-8-10-36(11-9-35)17-20-6-7-26(31-15-20)34-27-14-22(24(30)16-32-27)21-12-23(29)28-25(13-21)37(18(2)3)19(4)33-28;1-17-22-9-7-19(29-24-10-8-21(16-28-24)30-13-11-27-12-14-30)15-23(22)31(20-5-3-4-6-20)26(33)25(17)18(2)32;1-24-9-22-17-15(24)8-13(18(26)23-27-5-4-25)12(16(17)21)6-10-2-3-11(19)7-14(10)20;18-10-2-1-9(13(19)6-10)5-11-12(17(25)23-26-4-3-24)7-14-16(15(11)20)22-8-21-14/h6-7,12-16,18H,5,8-11,17H2,1-4H3,(H,31,32,34);7-10,15-16,20,27H,3-6,11-14H2,1-2H3,(H,28,29);2-3,7-9,25H,4-6H2,1H3,(H,23,26);1-2,6-8,24H,3-5H2,(H,21,22)(H,23,25). The van der Waals surface area contributed by atoms with Gasteiger partial charge >= 0.3 is 0 Å². The molecule has 0 atom stereocenters. The van der Waals surface area contributed by atoms with Gasteiger partial charge in [0.05, 0.1) is 95.9 Å². The number of aromatic amines is 1. The molecule has 9 heterocycles. The van der Waals surface area contributed by atoms with Crippen molar-refractivity contribution in [3.05, 3.63) is 250 Å². The molecular weight excluding hydrogens is 1740 g/mol. The lowest BCUT2D eigenvalue weighted by molar-refractivity contribution is 0.0165. The first-order valence-corrected chi connectivity index (χ1v) is 42.3. The van der Waals surface area contributed by atoms with Crippen molar-refractivity contribution in [1.82, 2.24) is 74.7 Å². The van der Waals surface area contributed by atoms with Crippen LogP contribution in [0.2, 0.25) is 5.02 Å². The highest BCUT2D eigenvalue weighted by Crippen LogP contribution is 2.37. The Bertz CT molecular complexity index is 6060. The molecule has 6 aromatic carbocycles. The number of halogens is 8. The lowest BCUT2D eigenvalue weighted by atomic mass is 9.97. The molecule has 3 aliphatic rings. The number of anilines is 5. The van der Waals surface area contributed by atoms with E-state index in [-0.39, 0.29) is 107 Å². The molecule has 0 unspecified atom stereocenters. The number of piperazine rings is 2. The largest absolute Gasteiger partial charge is 0.394 e. The van der Waals surface area contributed by atoms with E-state index in [9.17, 15) is 32.3 Å². The van der Waals surface area contributed by atoms with Crippen LogP contribution in [0, 0.1) is 42.9 Å². The van der Waals surface area contributed by atoms with Crippen LogP contribution in [-0.4, -0.2) is 172 Å². The molecule has 0 spiro atoms. The van der Waals surface area contributed by atoms with Gasteiger partial charge in [0.25, 0.3) is 17.4 Å². The Hall–Kier alpha value is -11.0. The monoisotopic (exact) mass is 1830 g/mol. The second kappa shape index (κ2) is 41.0. The Kier molecular flexibility index (Phi) is 29.9. The molecule has 123 heavy (non-hydrogen) atoms. The molecular formula is C89H94Br2ClF5N18O8. The number of Topliss-reactive ketones (excluding diaryl/α,β-unsaturated/α-hetero) is 1. The summed E-state index contributed by atoms with van der Waals surface area (Å²) in [6.45, 7) is 20.9. The van der Waals surface area contributed by atoms with E-state index in [2.05, 4.69) is 121 Å². The van der Waals surface area contributed by atoms with E-state index in [1.165, 1.54) is 49.9 Å². The maximum Gasteiger partial charge on any atom is 0.275 e. The number of aliphatic hydroxyl groups excluding tert-OH is 2. The number of benzene rings is 6. The van der Waals surface area contributed by atoms with Gasteiger partial charge in [-0.25, -0.2) is 62.8 Å². The number of nitrogens with one attached hydrogen (secondary N) is 6.